The van der Waals surface area contributed by atoms with Gasteiger partial charge in [0.1, 0.15) is 60.5 Å². The number of nitrogens with two attached hydrogens (primary N) is 1. The minimum absolute atomic E-state index is 0. The molecule has 340 valence electrons. The van der Waals surface area contributed by atoms with E-state index >= 15 is 0 Å². The average Bonchev–Trinajstić information content (AvgIpc) is 3.28. The first-order valence-corrected chi connectivity index (χ1v) is 19.9. The molecule has 3 heterocycles. The summed E-state index contributed by atoms with van der Waals surface area (Å²) in [5, 5.41) is 50.4. The van der Waals surface area contributed by atoms with E-state index in [4.69, 9.17) is 29.4 Å². The van der Waals surface area contributed by atoms with Crippen LogP contribution in [0.4, 0.5) is 0 Å². The number of methoxy groups -OCH3 is 2. The lowest BCUT2D eigenvalue weighted by Crippen LogP contribution is -2.48. The number of hydrogen-bond acceptors (Lipinski definition) is 15. The average molecular weight is 878 g/mol. The number of hydrogen-bond donors (Lipinski definition) is 6. The zero-order valence-electron chi connectivity index (χ0n) is 36.1. The number of rotatable bonds is 11. The number of Topliss-reactive ketones (excluding diaryl/α,β-unsaturated/α-hetero) is 3. The molecule has 1 fully saturated rings. The van der Waals surface area contributed by atoms with Crippen molar-refractivity contribution in [3.05, 3.63) is 84.0 Å². The van der Waals surface area contributed by atoms with Crippen LogP contribution in [-0.2, 0) is 46.2 Å². The molecule has 2 aromatic rings. The van der Waals surface area contributed by atoms with E-state index in [-0.39, 0.29) is 60.9 Å². The fourth-order valence-corrected chi connectivity index (χ4v) is 6.25. The summed E-state index contributed by atoms with van der Waals surface area (Å²) >= 11 is 0. The highest BCUT2D eigenvalue weighted by molar-refractivity contribution is 5.92. The third-order valence-corrected chi connectivity index (χ3v) is 9.74. The molecule has 2 aromatic carbocycles. The molecule has 0 bridgehead atoms. The molecule has 0 amide bonds. The predicted octanol–water partition coefficient (Wildman–Crippen LogP) is 2.66. The Labute approximate surface area is 364 Å². The zero-order valence-corrected chi connectivity index (χ0v) is 36.9. The molecule has 16 heteroatoms. The van der Waals surface area contributed by atoms with Crippen molar-refractivity contribution in [1.82, 2.24) is 0 Å². The van der Waals surface area contributed by atoms with Gasteiger partial charge >= 0.3 is 5.97 Å². The van der Waals surface area contributed by atoms with Crippen LogP contribution in [0.25, 0.3) is 0 Å². The Balaban J connectivity index is 0.000000347. The van der Waals surface area contributed by atoms with Crippen LogP contribution in [0.1, 0.15) is 59.1 Å². The Kier molecular flexibility index (Phi) is 20.9. The predicted molar refractivity (Wildman–Crippen MR) is 228 cm³/mol. The first-order valence-electron chi connectivity index (χ1n) is 19.9. The highest BCUT2D eigenvalue weighted by atomic mass is 35.5. The highest BCUT2D eigenvalue weighted by Crippen LogP contribution is 2.27. The molecule has 10 atom stereocenters. The van der Waals surface area contributed by atoms with Crippen LogP contribution in [0, 0.1) is 16.7 Å². The molecular formula is C45H64ClNO14. The molecule has 7 N–H and O–H groups in total. The Morgan fingerprint density at radius 3 is 1.82 bits per heavy atom. The molecule has 3 aliphatic heterocycles. The van der Waals surface area contributed by atoms with Crippen molar-refractivity contribution in [3.63, 3.8) is 0 Å². The fraction of sp³-hybridized carbons (Fsp3) is 0.556. The summed E-state index contributed by atoms with van der Waals surface area (Å²) in [7, 11) is 2.55. The van der Waals surface area contributed by atoms with Crippen LogP contribution < -0.4 is 15.2 Å². The first-order chi connectivity index (χ1) is 28.1. The van der Waals surface area contributed by atoms with Crippen molar-refractivity contribution < 1.29 is 68.4 Å². The number of ketones is 3. The molecule has 0 aliphatic carbocycles. The maximum atomic E-state index is 12.8. The van der Waals surface area contributed by atoms with Crippen LogP contribution in [0.2, 0.25) is 0 Å². The molecule has 15 nitrogen and oxygen atoms in total. The molecule has 0 unspecified atom stereocenters. The van der Waals surface area contributed by atoms with Crippen LogP contribution in [0.15, 0.2) is 72.8 Å². The monoisotopic (exact) mass is 877 g/mol. The van der Waals surface area contributed by atoms with Crippen molar-refractivity contribution in [3.8, 4) is 11.5 Å². The quantitative estimate of drug-likeness (QED) is 0.141. The van der Waals surface area contributed by atoms with Gasteiger partial charge in [-0.3, -0.25) is 14.4 Å². The molecule has 3 aliphatic rings. The van der Waals surface area contributed by atoms with Gasteiger partial charge in [0.25, 0.3) is 0 Å². The maximum absolute atomic E-state index is 12.8. The SMILES string of the molecule is CO[C@@H](C(=O)C[C@H]1COc2ccccc2CC1=O)[C@H](O)[C@@H](O)[C@H](O)/C=C/C(C)(C)C.CO[C@H]1C(=O)O[C@@H]([C@H](O)/C=C/C(C)(C)C)[C@H]1O.Cl.N[C@H]1COc2ccccc2CC1=O. The van der Waals surface area contributed by atoms with Crippen molar-refractivity contribution >= 4 is 35.7 Å². The first kappa shape index (κ1) is 53.1. The smallest absolute Gasteiger partial charge is 0.338 e. The van der Waals surface area contributed by atoms with Crippen LogP contribution in [0.3, 0.4) is 0 Å². The van der Waals surface area contributed by atoms with E-state index in [1.165, 1.54) is 26.4 Å². The minimum atomic E-state index is -1.65. The van der Waals surface area contributed by atoms with Gasteiger partial charge in [0.15, 0.2) is 23.8 Å². The number of allylic oxidation sites excluding steroid dienone is 2. The lowest BCUT2D eigenvalue weighted by atomic mass is 9.90. The minimum Gasteiger partial charge on any atom is -0.493 e. The molecule has 5 rings (SSSR count). The summed E-state index contributed by atoms with van der Waals surface area (Å²) < 4.78 is 25.9. The second-order valence-corrected chi connectivity index (χ2v) is 17.2. The summed E-state index contributed by atoms with van der Waals surface area (Å²) in [5.74, 6) is -0.553. The molecule has 0 aromatic heterocycles. The van der Waals surface area contributed by atoms with Gasteiger partial charge in [0.2, 0.25) is 0 Å². The number of fused-ring (bicyclic) bond motifs is 2. The largest absolute Gasteiger partial charge is 0.493 e. The fourth-order valence-electron chi connectivity index (χ4n) is 6.25. The molecule has 0 radical (unpaired) electrons. The summed E-state index contributed by atoms with van der Waals surface area (Å²) in [6.07, 6.45) is -3.42. The molecule has 0 spiro atoms. The number of para-hydroxylation sites is 2. The molecular weight excluding hydrogens is 814 g/mol. The van der Waals surface area contributed by atoms with Crippen molar-refractivity contribution in [2.24, 2.45) is 22.5 Å². The number of esters is 1. The number of benzene rings is 2. The Morgan fingerprint density at radius 2 is 1.31 bits per heavy atom. The van der Waals surface area contributed by atoms with E-state index in [0.29, 0.717) is 12.2 Å². The summed E-state index contributed by atoms with van der Waals surface area (Å²) in [6.45, 7) is 12.0. The van der Waals surface area contributed by atoms with E-state index in [1.807, 2.05) is 84.0 Å². The van der Waals surface area contributed by atoms with Gasteiger partial charge in [-0.25, -0.2) is 4.79 Å². The van der Waals surface area contributed by atoms with Gasteiger partial charge in [-0.15, -0.1) is 12.4 Å². The van der Waals surface area contributed by atoms with Crippen molar-refractivity contribution in [2.45, 2.75) is 116 Å². The van der Waals surface area contributed by atoms with Gasteiger partial charge in [-0.05, 0) is 23.0 Å². The van der Waals surface area contributed by atoms with Gasteiger partial charge in [-0.2, -0.15) is 0 Å². The summed E-state index contributed by atoms with van der Waals surface area (Å²) in [4.78, 5) is 48.0. The normalized spacial score (nSPS) is 24.0. The van der Waals surface area contributed by atoms with Gasteiger partial charge in [0, 0.05) is 44.6 Å². The molecule has 1 saturated heterocycles. The number of ether oxygens (including phenoxy) is 5. The summed E-state index contributed by atoms with van der Waals surface area (Å²) in [5.41, 5.74) is 6.97. The van der Waals surface area contributed by atoms with Gasteiger partial charge < -0.3 is 55.0 Å². The molecule has 0 saturated carbocycles. The third-order valence-electron chi connectivity index (χ3n) is 9.74. The number of aliphatic hydroxyl groups is 5. The number of aliphatic hydroxyl groups excluding tert-OH is 5. The van der Waals surface area contributed by atoms with E-state index < -0.39 is 72.5 Å². The maximum Gasteiger partial charge on any atom is 0.338 e. The summed E-state index contributed by atoms with van der Waals surface area (Å²) in [6, 6.07) is 14.3. The second kappa shape index (κ2) is 24.0. The van der Waals surface area contributed by atoms with Gasteiger partial charge in [0.05, 0.1) is 18.6 Å². The third kappa shape index (κ3) is 16.3. The van der Waals surface area contributed by atoms with Crippen molar-refractivity contribution in [2.75, 3.05) is 27.4 Å². The number of carbonyl (C=O) groups is 4. The number of carbonyl (C=O) groups excluding carboxylic acids is 4. The van der Waals surface area contributed by atoms with E-state index in [2.05, 4.69) is 0 Å². The van der Waals surface area contributed by atoms with E-state index in [9.17, 15) is 44.7 Å². The van der Waals surface area contributed by atoms with Gasteiger partial charge in [-0.1, -0.05) is 102 Å². The molecule has 61 heavy (non-hydrogen) atoms. The highest BCUT2D eigenvalue weighted by Gasteiger charge is 2.47. The van der Waals surface area contributed by atoms with Crippen LogP contribution in [0.5, 0.6) is 11.5 Å². The standard InChI is InChI=1S/C23H32O7.C12H20O5.C10H11NO2.ClH/c1-23(2,3)10-9-16(24)20(27)21(28)22(29-4)18(26)12-15-13-30-19-8-6-5-7-14(19)11-17(15)25;1-12(2,3)6-5-7(13)9-8(14)10(16-4)11(15)17-9;11-8-6-13-10-4-2-1-3-7(10)5-9(8)12;/h5-10,15-16,20-22,24,27-28H,11-13H2,1-4H3;5-10,13-14H,1-4H3;1-4,8H,5-6,11H2;1H/b10-9+;6-5+;;/t15-,16+,20-,21+,22-;7-,8-,9+,10-;8-;/m010./s1. The van der Waals surface area contributed by atoms with Crippen LogP contribution in [-0.4, -0.2) is 131 Å². The Morgan fingerprint density at radius 1 is 0.803 bits per heavy atom. The van der Waals surface area contributed by atoms with Crippen molar-refractivity contribution in [1.29, 1.82) is 0 Å². The Bertz CT molecular complexity index is 1800. The topological polar surface area (TPSA) is 242 Å². The van der Waals surface area contributed by atoms with E-state index in [0.717, 1.165) is 16.9 Å². The lowest BCUT2D eigenvalue weighted by molar-refractivity contribution is -0.150. The Hall–Kier alpha value is -4.03. The second-order valence-electron chi connectivity index (χ2n) is 17.2. The number of halogens is 1. The number of cyclic esters (lactones) is 1. The zero-order chi connectivity index (χ0) is 44.9. The van der Waals surface area contributed by atoms with Crippen LogP contribution >= 0.6 is 12.4 Å². The van der Waals surface area contributed by atoms with E-state index in [1.54, 1.807) is 18.2 Å². The lowest BCUT2D eigenvalue weighted by Gasteiger charge is -2.28.